The Kier molecular flexibility index (Phi) is 4.20. The van der Waals surface area contributed by atoms with Crippen LogP contribution >= 0.6 is 0 Å². The van der Waals surface area contributed by atoms with Gasteiger partial charge in [-0.2, -0.15) is 0 Å². The summed E-state index contributed by atoms with van der Waals surface area (Å²) in [4.78, 5) is 13.4. The van der Waals surface area contributed by atoms with Gasteiger partial charge in [-0.05, 0) is 17.3 Å². The second-order valence-corrected chi connectivity index (χ2v) is 4.68. The van der Waals surface area contributed by atoms with Gasteiger partial charge in [0.15, 0.2) is 5.58 Å². The summed E-state index contributed by atoms with van der Waals surface area (Å²) in [5.41, 5.74) is 0.672. The van der Waals surface area contributed by atoms with E-state index in [0.717, 1.165) is 18.5 Å². The summed E-state index contributed by atoms with van der Waals surface area (Å²) in [6.45, 7) is 3.38. The third kappa shape index (κ3) is 3.25. The normalized spacial score (nSPS) is 15.1. The van der Waals surface area contributed by atoms with Gasteiger partial charge in [-0.25, -0.2) is 4.79 Å². The standard InChI is InChI=1S/C14H17N3O4/c18-14(17-7-5-15-6-8-17)20-10-9-19-13-11-3-1-2-4-12(11)21-16-13/h1-4,15H,5-10H2. The van der Waals surface area contributed by atoms with Crippen molar-refractivity contribution in [1.29, 1.82) is 0 Å². The highest BCUT2D eigenvalue weighted by molar-refractivity contribution is 5.81. The minimum atomic E-state index is -0.301. The first-order valence-electron chi connectivity index (χ1n) is 6.94. The molecule has 3 rings (SSSR count). The Balaban J connectivity index is 1.44. The summed E-state index contributed by atoms with van der Waals surface area (Å²) in [7, 11) is 0. The van der Waals surface area contributed by atoms with E-state index in [4.69, 9.17) is 14.0 Å². The Morgan fingerprint density at radius 2 is 2.10 bits per heavy atom. The number of rotatable bonds is 4. The van der Waals surface area contributed by atoms with Gasteiger partial charge < -0.3 is 24.2 Å². The van der Waals surface area contributed by atoms with Crippen LogP contribution in [-0.2, 0) is 4.74 Å². The molecule has 21 heavy (non-hydrogen) atoms. The SMILES string of the molecule is O=C(OCCOc1noc2ccccc12)N1CCNCC1. The summed E-state index contributed by atoms with van der Waals surface area (Å²) in [6.07, 6.45) is -0.301. The predicted octanol–water partition coefficient (Wildman–Crippen LogP) is 1.25. The Morgan fingerprint density at radius 3 is 2.95 bits per heavy atom. The Labute approximate surface area is 121 Å². The molecule has 1 N–H and O–H groups in total. The second-order valence-electron chi connectivity index (χ2n) is 4.68. The molecule has 0 radical (unpaired) electrons. The van der Waals surface area contributed by atoms with Crippen molar-refractivity contribution >= 4 is 17.1 Å². The van der Waals surface area contributed by atoms with E-state index < -0.39 is 0 Å². The molecule has 7 nitrogen and oxygen atoms in total. The molecule has 1 aromatic carbocycles. The van der Waals surface area contributed by atoms with Crippen molar-refractivity contribution in [2.45, 2.75) is 0 Å². The third-order valence-electron chi connectivity index (χ3n) is 3.27. The number of amides is 1. The van der Waals surface area contributed by atoms with E-state index in [1.54, 1.807) is 4.90 Å². The van der Waals surface area contributed by atoms with Crippen LogP contribution in [0.1, 0.15) is 0 Å². The van der Waals surface area contributed by atoms with Crippen molar-refractivity contribution in [2.24, 2.45) is 0 Å². The average molecular weight is 291 g/mol. The molecule has 0 spiro atoms. The summed E-state index contributed by atoms with van der Waals surface area (Å²) in [6, 6.07) is 7.44. The molecular weight excluding hydrogens is 274 g/mol. The highest BCUT2D eigenvalue weighted by Gasteiger charge is 2.17. The van der Waals surface area contributed by atoms with Crippen LogP contribution in [-0.4, -0.2) is 55.5 Å². The molecule has 1 fully saturated rings. The van der Waals surface area contributed by atoms with E-state index in [9.17, 15) is 4.79 Å². The Bertz CT molecular complexity index is 607. The van der Waals surface area contributed by atoms with Gasteiger partial charge in [0.2, 0.25) is 0 Å². The molecule has 0 atom stereocenters. The average Bonchev–Trinajstić information content (AvgIpc) is 2.95. The Morgan fingerprint density at radius 1 is 1.29 bits per heavy atom. The maximum atomic E-state index is 11.8. The number of nitrogens with one attached hydrogen (secondary N) is 1. The third-order valence-corrected chi connectivity index (χ3v) is 3.27. The molecule has 0 aliphatic carbocycles. The van der Waals surface area contributed by atoms with Gasteiger partial charge in [-0.15, -0.1) is 0 Å². The summed E-state index contributed by atoms with van der Waals surface area (Å²) in [5.74, 6) is 0.420. The number of nitrogens with zero attached hydrogens (tertiary/aromatic N) is 2. The lowest BCUT2D eigenvalue weighted by Gasteiger charge is -2.26. The van der Waals surface area contributed by atoms with Crippen LogP contribution < -0.4 is 10.1 Å². The zero-order chi connectivity index (χ0) is 14.5. The lowest BCUT2D eigenvalue weighted by Crippen LogP contribution is -2.46. The van der Waals surface area contributed by atoms with Crippen LogP contribution in [0.25, 0.3) is 11.0 Å². The van der Waals surface area contributed by atoms with Crippen LogP contribution in [0.5, 0.6) is 5.88 Å². The van der Waals surface area contributed by atoms with Crippen LogP contribution in [0.15, 0.2) is 28.8 Å². The number of piperazine rings is 1. The van der Waals surface area contributed by atoms with Gasteiger partial charge in [0.05, 0.1) is 5.39 Å². The van der Waals surface area contributed by atoms with Crippen molar-refractivity contribution < 1.29 is 18.8 Å². The summed E-state index contributed by atoms with van der Waals surface area (Å²) in [5, 5.41) is 7.84. The number of para-hydroxylation sites is 1. The molecule has 1 aromatic heterocycles. The smallest absolute Gasteiger partial charge is 0.409 e. The first kappa shape index (κ1) is 13.7. The van der Waals surface area contributed by atoms with Crippen LogP contribution in [0.2, 0.25) is 0 Å². The van der Waals surface area contributed by atoms with Crippen molar-refractivity contribution in [3.05, 3.63) is 24.3 Å². The molecular formula is C14H17N3O4. The number of ether oxygens (including phenoxy) is 2. The van der Waals surface area contributed by atoms with Crippen LogP contribution in [0, 0.1) is 0 Å². The Hall–Kier alpha value is -2.28. The lowest BCUT2D eigenvalue weighted by atomic mass is 10.3. The van der Waals surface area contributed by atoms with E-state index in [2.05, 4.69) is 10.5 Å². The maximum absolute atomic E-state index is 11.8. The van der Waals surface area contributed by atoms with Gasteiger partial charge in [-0.3, -0.25) is 0 Å². The molecule has 112 valence electrons. The van der Waals surface area contributed by atoms with E-state index in [0.29, 0.717) is 24.6 Å². The van der Waals surface area contributed by atoms with Gasteiger partial charge in [0.25, 0.3) is 5.88 Å². The zero-order valence-corrected chi connectivity index (χ0v) is 11.6. The fourth-order valence-electron chi connectivity index (χ4n) is 2.17. The minimum Gasteiger partial charge on any atom is -0.471 e. The fraction of sp³-hybridized carbons (Fsp3) is 0.429. The number of fused-ring (bicyclic) bond motifs is 1. The molecule has 2 aromatic rings. The molecule has 0 bridgehead atoms. The van der Waals surface area contributed by atoms with E-state index in [-0.39, 0.29) is 19.3 Å². The largest absolute Gasteiger partial charge is 0.471 e. The van der Waals surface area contributed by atoms with Gasteiger partial charge >= 0.3 is 6.09 Å². The van der Waals surface area contributed by atoms with Gasteiger partial charge in [-0.1, -0.05) is 12.1 Å². The monoisotopic (exact) mass is 291 g/mol. The van der Waals surface area contributed by atoms with Crippen molar-refractivity contribution in [3.63, 3.8) is 0 Å². The molecule has 1 aliphatic rings. The quantitative estimate of drug-likeness (QED) is 0.854. The topological polar surface area (TPSA) is 76.8 Å². The van der Waals surface area contributed by atoms with Gasteiger partial charge in [0.1, 0.15) is 13.2 Å². The zero-order valence-electron chi connectivity index (χ0n) is 11.6. The molecule has 2 heterocycles. The molecule has 0 saturated carbocycles. The molecule has 0 unspecified atom stereocenters. The molecule has 1 aliphatic heterocycles. The number of aromatic nitrogens is 1. The van der Waals surface area contributed by atoms with E-state index in [1.807, 2.05) is 24.3 Å². The number of carbonyl (C=O) groups is 1. The highest BCUT2D eigenvalue weighted by atomic mass is 16.6. The number of hydrogen-bond acceptors (Lipinski definition) is 6. The maximum Gasteiger partial charge on any atom is 0.409 e. The fourth-order valence-corrected chi connectivity index (χ4v) is 2.17. The molecule has 7 heteroatoms. The first-order valence-corrected chi connectivity index (χ1v) is 6.94. The number of hydrogen-bond donors (Lipinski definition) is 1. The molecule has 1 saturated heterocycles. The first-order chi connectivity index (χ1) is 10.3. The van der Waals surface area contributed by atoms with Gasteiger partial charge in [0, 0.05) is 26.2 Å². The highest BCUT2D eigenvalue weighted by Crippen LogP contribution is 2.23. The van der Waals surface area contributed by atoms with Crippen molar-refractivity contribution in [1.82, 2.24) is 15.4 Å². The van der Waals surface area contributed by atoms with Crippen molar-refractivity contribution in [2.75, 3.05) is 39.4 Å². The minimum absolute atomic E-state index is 0.184. The van der Waals surface area contributed by atoms with Crippen molar-refractivity contribution in [3.8, 4) is 5.88 Å². The predicted molar refractivity (Wildman–Crippen MR) is 75.3 cm³/mol. The van der Waals surface area contributed by atoms with E-state index in [1.165, 1.54) is 0 Å². The second kappa shape index (κ2) is 6.45. The van der Waals surface area contributed by atoms with Crippen LogP contribution in [0.4, 0.5) is 4.79 Å². The number of carbonyl (C=O) groups excluding carboxylic acids is 1. The summed E-state index contributed by atoms with van der Waals surface area (Å²) >= 11 is 0. The number of benzene rings is 1. The lowest BCUT2D eigenvalue weighted by molar-refractivity contribution is 0.0834. The molecule has 1 amide bonds. The van der Waals surface area contributed by atoms with Crippen LogP contribution in [0.3, 0.4) is 0 Å². The van der Waals surface area contributed by atoms with E-state index >= 15 is 0 Å². The summed E-state index contributed by atoms with van der Waals surface area (Å²) < 4.78 is 15.8.